The lowest BCUT2D eigenvalue weighted by molar-refractivity contribution is -0.131. The number of hydrogen-bond donors (Lipinski definition) is 16. The molecule has 0 amide bonds. The molecule has 1 aromatic rings. The molecule has 16 N–H and O–H groups in total. The number of anilines is 1. The van der Waals surface area contributed by atoms with E-state index < -0.39 is 15.9 Å². The Morgan fingerprint density at radius 1 is 0.530 bits per heavy atom. The second-order valence-electron chi connectivity index (χ2n) is 32.6. The van der Waals surface area contributed by atoms with Gasteiger partial charge in [-0.05, 0) is 136 Å². The summed E-state index contributed by atoms with van der Waals surface area (Å²) >= 11 is 2.07. The summed E-state index contributed by atoms with van der Waals surface area (Å²) in [4.78, 5) is 20.9. The summed E-state index contributed by atoms with van der Waals surface area (Å²) in [7, 11) is 7.67. The highest BCUT2D eigenvalue weighted by molar-refractivity contribution is 7.99. The second-order valence-corrected chi connectivity index (χ2v) is 36.1. The molecule has 0 bridgehead atoms. The molecule has 1 atom stereocenters. The molecule has 4 aliphatic heterocycles. The Labute approximate surface area is 723 Å². The second kappa shape index (κ2) is 92.0. The fraction of sp³-hybridized carbons (Fsp3) is 0.964. The van der Waals surface area contributed by atoms with E-state index in [4.69, 9.17) is 59.5 Å². The zero-order valence-electron chi connectivity index (χ0n) is 80.9. The van der Waals surface area contributed by atoms with E-state index in [2.05, 4.69) is 208 Å². The van der Waals surface area contributed by atoms with E-state index in [0.717, 1.165) is 90.3 Å². The number of piperidine rings is 1. The van der Waals surface area contributed by atoms with Crippen molar-refractivity contribution in [1.82, 2.24) is 71.8 Å². The molecular formula is C84H195N15O16S2. The van der Waals surface area contributed by atoms with Crippen molar-refractivity contribution in [3.63, 3.8) is 0 Å². The number of ether oxygens (including phenoxy) is 4. The van der Waals surface area contributed by atoms with Crippen LogP contribution in [0.3, 0.4) is 0 Å². The zero-order chi connectivity index (χ0) is 91.7. The zero-order valence-corrected chi connectivity index (χ0v) is 82.5. The van der Waals surface area contributed by atoms with Crippen LogP contribution in [0.4, 0.5) is 5.69 Å². The van der Waals surface area contributed by atoms with Crippen LogP contribution < -0.4 is 37.4 Å². The molecule has 1 unspecified atom stereocenters. The fourth-order valence-electron chi connectivity index (χ4n) is 9.99. The third kappa shape index (κ3) is 103. The molecule has 0 aromatic carbocycles. The van der Waals surface area contributed by atoms with Gasteiger partial charge in [-0.3, -0.25) is 24.7 Å². The van der Waals surface area contributed by atoms with Crippen LogP contribution in [0.2, 0.25) is 0 Å². The fourth-order valence-corrected chi connectivity index (χ4v) is 12.1. The largest absolute Gasteiger partial charge is 0.395 e. The lowest BCUT2D eigenvalue weighted by Gasteiger charge is -2.32. The highest BCUT2D eigenvalue weighted by Gasteiger charge is 2.23. The molecule has 5 rings (SSSR count). The number of methoxy groups -OCH3 is 3. The number of hydrogen-bond acceptors (Lipinski definition) is 31. The van der Waals surface area contributed by atoms with E-state index in [1.54, 1.807) is 46.8 Å². The van der Waals surface area contributed by atoms with Crippen LogP contribution in [-0.4, -0.2) is 415 Å². The Hall–Kier alpha value is -1.73. The lowest BCUT2D eigenvalue weighted by atomic mass is 10.1. The first-order chi connectivity index (χ1) is 54.9. The van der Waals surface area contributed by atoms with Gasteiger partial charge in [-0.15, -0.1) is 0 Å². The maximum Gasteiger partial charge on any atom is 0.152 e. The summed E-state index contributed by atoms with van der Waals surface area (Å²) in [5.41, 5.74) is 3.75. The van der Waals surface area contributed by atoms with Gasteiger partial charge < -0.3 is 106 Å². The smallest absolute Gasteiger partial charge is 0.152 e. The van der Waals surface area contributed by atoms with Crippen molar-refractivity contribution in [3.8, 4) is 0 Å². The van der Waals surface area contributed by atoms with Crippen molar-refractivity contribution >= 4 is 27.3 Å². The molecule has 117 heavy (non-hydrogen) atoms. The van der Waals surface area contributed by atoms with Gasteiger partial charge in [-0.2, -0.15) is 21.9 Å². The molecule has 1 aromatic heterocycles. The standard InChI is InChI=1S/C9H21NO2.2C8H17NO.C7H15NO2S.C7H17NO2.C7H15NS.C6H11N3.2C6H15NO2.C6H15NO.2C5H13NO.C4H11NO/c1-9(2)10(5-7-11-3)6-8-12-4;1-7(2)9-8-3-5-10-6-4-8;1-7(2)9-5-3-8(10)4-6-9;1-7(2)8-3-5-11(9,10)6-4-8;1-7(2)8(3-5-9)4-6-10;1-7(2)8-3-5-9-6-4-8;1-5(2)9-6-3-7-8-4-6;1-5(2)7-6(3-8)4-9;1-5(2)7-3-6(9)4-8;1-6(2)7-4-5-8-3;1-5(2)6(3)7-4;1-5(2)6-3-4-7;1-4(2)5-6-3/h9H,5-8H2,1-4H3;7-9H,3-6H2,1-2H3;7-8,10H,3-6H2,1-2H3;7H,3-6H2,1-2H3;7,9-10H,3-6H2,1-2H3;7H,3-6H2,1-2H3;3-5,9H,1-2H3,(H,7,8);2*5-9H,3-4H2,1-2H3;6-7H,4-5H2,1-3H3;5H,1-4H3;5-7H,3-4H2,1-2H3;4-5H,1-3H3. The molecule has 0 radical (unpaired) electrons. The monoisotopic (exact) mass is 1730 g/mol. The Bertz CT molecular complexity index is 2110. The molecule has 4 fully saturated rings. The summed E-state index contributed by atoms with van der Waals surface area (Å²) in [6, 6.07) is 7.13. The highest BCUT2D eigenvalue weighted by Crippen LogP contribution is 2.14. The molecule has 0 aliphatic carbocycles. The van der Waals surface area contributed by atoms with Gasteiger partial charge in [0.2, 0.25) is 0 Å². The van der Waals surface area contributed by atoms with Crippen LogP contribution in [0.15, 0.2) is 12.4 Å². The van der Waals surface area contributed by atoms with Gasteiger partial charge in [-0.1, -0.05) is 69.2 Å². The summed E-state index contributed by atoms with van der Waals surface area (Å²) in [5, 5.41) is 96.1. The van der Waals surface area contributed by atoms with Crippen LogP contribution in [0.1, 0.15) is 206 Å². The number of aliphatic hydroxyl groups is 8. The molecular weight excluding hydrogens is 1540 g/mol. The molecule has 4 aliphatic rings. The highest BCUT2D eigenvalue weighted by atomic mass is 32.2. The van der Waals surface area contributed by atoms with Gasteiger partial charge in [0.25, 0.3) is 0 Å². The Kier molecular flexibility index (Phi) is 103. The van der Waals surface area contributed by atoms with E-state index in [1.807, 2.05) is 73.5 Å². The van der Waals surface area contributed by atoms with E-state index in [9.17, 15) is 13.5 Å². The van der Waals surface area contributed by atoms with E-state index >= 15 is 0 Å². The number of hydroxylamine groups is 3. The number of sulfone groups is 1. The number of nitrogens with zero attached hydrogens (tertiary/aromatic N) is 7. The average molecular weight is 1740 g/mol. The summed E-state index contributed by atoms with van der Waals surface area (Å²) in [5.74, 6) is 3.34. The van der Waals surface area contributed by atoms with Crippen molar-refractivity contribution in [3.05, 3.63) is 12.4 Å². The molecule has 714 valence electrons. The van der Waals surface area contributed by atoms with Gasteiger partial charge in [0, 0.05) is 229 Å². The molecule has 4 saturated heterocycles. The summed E-state index contributed by atoms with van der Waals surface area (Å²) in [6.45, 7) is 70.8. The Balaban J connectivity index is -0.000000184. The van der Waals surface area contributed by atoms with Gasteiger partial charge in [0.15, 0.2) is 9.84 Å². The van der Waals surface area contributed by atoms with E-state index in [0.29, 0.717) is 129 Å². The molecule has 31 nitrogen and oxygen atoms in total. The normalized spacial score (nSPS) is 15.5. The average Bonchev–Trinajstić information content (AvgIpc) is 1.60. The summed E-state index contributed by atoms with van der Waals surface area (Å²) in [6.07, 6.45) is 7.22. The molecule has 5 heterocycles. The van der Waals surface area contributed by atoms with Crippen molar-refractivity contribution in [1.29, 1.82) is 0 Å². The van der Waals surface area contributed by atoms with Crippen molar-refractivity contribution in [2.45, 2.75) is 309 Å². The van der Waals surface area contributed by atoms with Gasteiger partial charge >= 0.3 is 0 Å². The van der Waals surface area contributed by atoms with Gasteiger partial charge in [0.1, 0.15) is 0 Å². The molecule has 0 saturated carbocycles. The quantitative estimate of drug-likeness (QED) is 0.0259. The Morgan fingerprint density at radius 3 is 1.25 bits per heavy atom. The minimum atomic E-state index is -2.69. The topological polar surface area (TPSA) is 384 Å². The maximum absolute atomic E-state index is 11.0. The number of nitrogens with one attached hydrogen (secondary N) is 8. The Morgan fingerprint density at radius 2 is 0.966 bits per heavy atom. The number of aliphatic hydroxyl groups excluding tert-OH is 8. The minimum Gasteiger partial charge on any atom is -0.395 e. The third-order valence-corrected chi connectivity index (χ3v) is 19.7. The number of rotatable bonds is 38. The minimum absolute atomic E-state index is 0.00528. The predicted octanol–water partition coefficient (Wildman–Crippen LogP) is 6.20. The third-order valence-electron chi connectivity index (χ3n) is 17.1. The first kappa shape index (κ1) is 131. The van der Waals surface area contributed by atoms with Crippen molar-refractivity contribution in [2.24, 2.45) is 0 Å². The van der Waals surface area contributed by atoms with Crippen molar-refractivity contribution in [2.75, 3.05) is 229 Å². The van der Waals surface area contributed by atoms with Crippen LogP contribution >= 0.6 is 11.8 Å². The van der Waals surface area contributed by atoms with Crippen LogP contribution in [-0.2, 0) is 38.5 Å². The first-order valence-electron chi connectivity index (χ1n) is 43.5. The SMILES string of the molecule is CC(C)N(CCO)CCO.CC(C)N1CCC(O)CC1.CC(C)N1CCS(=O)(=O)CC1.CC(C)N1CCSCC1.CC(C)NC(CO)CO.CC(C)NC1CCOCC1.CC(C)NCC(O)CO.CC(C)NCCO.CC(C)Nc1cn[nH]c1.COCCN(CCOC)C(C)C.COCCNC(C)C.CON(C)C(C)C.CONC(C)C. The van der Waals surface area contributed by atoms with E-state index in [1.165, 1.54) is 37.4 Å². The number of likely N-dealkylation sites (tertiary alicyclic amines) is 1. The molecule has 0 spiro atoms. The van der Waals surface area contributed by atoms with Crippen molar-refractivity contribution < 1.29 is 77.9 Å². The predicted molar refractivity (Wildman–Crippen MR) is 495 cm³/mol. The maximum atomic E-state index is 11.0. The number of H-pyrrole nitrogens is 1. The van der Waals surface area contributed by atoms with E-state index in [-0.39, 0.29) is 51.8 Å². The number of thioether (sulfide) groups is 1. The first-order valence-corrected chi connectivity index (χ1v) is 46.4. The van der Waals surface area contributed by atoms with Crippen LogP contribution in [0.5, 0.6) is 0 Å². The number of aromatic nitrogens is 2. The van der Waals surface area contributed by atoms with Gasteiger partial charge in [-0.25, -0.2) is 13.9 Å². The number of aromatic amines is 1. The van der Waals surface area contributed by atoms with Crippen LogP contribution in [0, 0.1) is 0 Å². The summed E-state index contributed by atoms with van der Waals surface area (Å²) < 4.78 is 42.1. The molecule has 33 heteroatoms. The lowest BCUT2D eigenvalue weighted by Crippen LogP contribution is -2.43. The van der Waals surface area contributed by atoms with Gasteiger partial charge in [0.05, 0.1) is 115 Å². The van der Waals surface area contributed by atoms with Crippen LogP contribution in [0.25, 0.3) is 0 Å².